The highest BCUT2D eigenvalue weighted by atomic mass is 16.5. The molecule has 0 radical (unpaired) electrons. The molecular formula is C17H22N2O. The predicted octanol–water partition coefficient (Wildman–Crippen LogP) is 3.20. The second kappa shape index (κ2) is 7.65. The van der Waals surface area contributed by atoms with Crippen LogP contribution in [0.2, 0.25) is 0 Å². The van der Waals surface area contributed by atoms with Crippen molar-refractivity contribution in [2.75, 3.05) is 6.61 Å². The molecule has 0 spiro atoms. The Balaban J connectivity index is 1.76. The molecule has 0 saturated carbocycles. The van der Waals surface area contributed by atoms with Crippen LogP contribution in [0.1, 0.15) is 25.1 Å². The number of benzene rings is 1. The van der Waals surface area contributed by atoms with Crippen molar-refractivity contribution in [2.24, 2.45) is 0 Å². The van der Waals surface area contributed by atoms with Gasteiger partial charge in [-0.25, -0.2) is 0 Å². The van der Waals surface area contributed by atoms with E-state index in [9.17, 15) is 0 Å². The molecule has 20 heavy (non-hydrogen) atoms. The fourth-order valence-corrected chi connectivity index (χ4v) is 1.84. The highest BCUT2D eigenvalue weighted by Crippen LogP contribution is 2.10. The van der Waals surface area contributed by atoms with Gasteiger partial charge in [0.2, 0.25) is 0 Å². The zero-order valence-electron chi connectivity index (χ0n) is 12.2. The topological polar surface area (TPSA) is 34.1 Å². The van der Waals surface area contributed by atoms with Crippen molar-refractivity contribution >= 4 is 0 Å². The number of rotatable bonds is 7. The van der Waals surface area contributed by atoms with Gasteiger partial charge >= 0.3 is 0 Å². The number of nitrogens with one attached hydrogen (secondary N) is 1. The van der Waals surface area contributed by atoms with Gasteiger partial charge in [0.1, 0.15) is 5.75 Å². The van der Waals surface area contributed by atoms with Gasteiger partial charge in [-0.3, -0.25) is 4.98 Å². The highest BCUT2D eigenvalue weighted by molar-refractivity contribution is 5.20. The van der Waals surface area contributed by atoms with E-state index in [2.05, 4.69) is 36.3 Å². The van der Waals surface area contributed by atoms with E-state index < -0.39 is 0 Å². The van der Waals surface area contributed by atoms with Gasteiger partial charge in [0, 0.05) is 19.0 Å². The van der Waals surface area contributed by atoms with Gasteiger partial charge < -0.3 is 10.1 Å². The summed E-state index contributed by atoms with van der Waals surface area (Å²) in [7, 11) is 0. The van der Waals surface area contributed by atoms with Crippen LogP contribution in [-0.2, 0) is 13.0 Å². The van der Waals surface area contributed by atoms with E-state index in [1.165, 1.54) is 5.56 Å². The molecule has 1 aromatic carbocycles. The summed E-state index contributed by atoms with van der Waals surface area (Å²) in [6, 6.07) is 14.8. The summed E-state index contributed by atoms with van der Waals surface area (Å²) in [4.78, 5) is 4.39. The molecular weight excluding hydrogens is 248 g/mol. The summed E-state index contributed by atoms with van der Waals surface area (Å²) in [6.07, 6.45) is 2.71. The molecule has 1 N–H and O–H groups in total. The van der Waals surface area contributed by atoms with Crippen molar-refractivity contribution in [3.63, 3.8) is 0 Å². The van der Waals surface area contributed by atoms with Gasteiger partial charge in [-0.15, -0.1) is 0 Å². The molecule has 0 bridgehead atoms. The quantitative estimate of drug-likeness (QED) is 0.839. The number of nitrogens with zero attached hydrogens (tertiary/aromatic N) is 1. The molecule has 0 unspecified atom stereocenters. The largest absolute Gasteiger partial charge is 0.492 e. The molecule has 0 atom stereocenters. The minimum Gasteiger partial charge on any atom is -0.492 e. The molecule has 3 heteroatoms. The van der Waals surface area contributed by atoms with Gasteiger partial charge in [0.25, 0.3) is 0 Å². The summed E-state index contributed by atoms with van der Waals surface area (Å²) < 4.78 is 5.71. The molecule has 0 aliphatic carbocycles. The fraction of sp³-hybridized carbons (Fsp3) is 0.353. The summed E-state index contributed by atoms with van der Waals surface area (Å²) in [5, 5.41) is 3.34. The maximum atomic E-state index is 5.71. The van der Waals surface area contributed by atoms with Crippen LogP contribution in [0.5, 0.6) is 5.75 Å². The Bertz CT molecular complexity index is 494. The van der Waals surface area contributed by atoms with Crippen molar-refractivity contribution in [3.05, 3.63) is 59.9 Å². The van der Waals surface area contributed by atoms with Crippen LogP contribution >= 0.6 is 0 Å². The minimum absolute atomic E-state index is 0.471. The smallest absolute Gasteiger partial charge is 0.137 e. The van der Waals surface area contributed by atoms with Crippen LogP contribution in [0, 0.1) is 0 Å². The Morgan fingerprint density at radius 3 is 2.55 bits per heavy atom. The van der Waals surface area contributed by atoms with E-state index in [-0.39, 0.29) is 0 Å². The van der Waals surface area contributed by atoms with Crippen LogP contribution in [0.3, 0.4) is 0 Å². The second-order valence-corrected chi connectivity index (χ2v) is 5.10. The molecule has 1 heterocycles. The fourth-order valence-electron chi connectivity index (χ4n) is 1.84. The zero-order valence-corrected chi connectivity index (χ0v) is 12.2. The van der Waals surface area contributed by atoms with Crippen LogP contribution in [0.4, 0.5) is 0 Å². The molecule has 106 valence electrons. The van der Waals surface area contributed by atoms with Gasteiger partial charge in [-0.05, 0) is 17.7 Å². The molecule has 0 aliphatic heterocycles. The van der Waals surface area contributed by atoms with Gasteiger partial charge in [0.15, 0.2) is 0 Å². The van der Waals surface area contributed by atoms with Crippen LogP contribution in [-0.4, -0.2) is 17.6 Å². The van der Waals surface area contributed by atoms with Crippen molar-refractivity contribution < 1.29 is 4.74 Å². The average Bonchev–Trinajstić information content (AvgIpc) is 2.47. The zero-order chi connectivity index (χ0) is 14.2. The van der Waals surface area contributed by atoms with E-state index in [0.717, 1.165) is 24.4 Å². The number of aromatic nitrogens is 1. The Kier molecular flexibility index (Phi) is 5.56. The summed E-state index contributed by atoms with van der Waals surface area (Å²) >= 11 is 0. The minimum atomic E-state index is 0.471. The van der Waals surface area contributed by atoms with E-state index in [0.29, 0.717) is 12.6 Å². The van der Waals surface area contributed by atoms with Gasteiger partial charge in [0.05, 0.1) is 18.5 Å². The standard InChI is InChI=1S/C17H22N2O/c1-14(2)18-12-16-8-9-17(13-19-16)20-11-10-15-6-4-3-5-7-15/h3-9,13-14,18H,10-12H2,1-2H3. The Morgan fingerprint density at radius 1 is 1.10 bits per heavy atom. The van der Waals surface area contributed by atoms with E-state index in [1.54, 1.807) is 6.20 Å². The number of hydrogen-bond donors (Lipinski definition) is 1. The highest BCUT2D eigenvalue weighted by Gasteiger charge is 1.99. The second-order valence-electron chi connectivity index (χ2n) is 5.10. The van der Waals surface area contributed by atoms with E-state index in [4.69, 9.17) is 4.74 Å². The normalized spacial score (nSPS) is 10.8. The lowest BCUT2D eigenvalue weighted by Gasteiger charge is -2.09. The van der Waals surface area contributed by atoms with Crippen LogP contribution < -0.4 is 10.1 Å². The van der Waals surface area contributed by atoms with Gasteiger partial charge in [-0.2, -0.15) is 0 Å². The van der Waals surface area contributed by atoms with Crippen LogP contribution in [0.15, 0.2) is 48.7 Å². The Morgan fingerprint density at radius 2 is 1.90 bits per heavy atom. The molecule has 1 aromatic heterocycles. The summed E-state index contributed by atoms with van der Waals surface area (Å²) in [5.74, 6) is 0.828. The number of hydrogen-bond acceptors (Lipinski definition) is 3. The van der Waals surface area contributed by atoms with Crippen LogP contribution in [0.25, 0.3) is 0 Å². The average molecular weight is 270 g/mol. The number of ether oxygens (including phenoxy) is 1. The first-order chi connectivity index (χ1) is 9.74. The van der Waals surface area contributed by atoms with Gasteiger partial charge in [-0.1, -0.05) is 44.2 Å². The molecule has 0 fully saturated rings. The summed E-state index contributed by atoms with van der Waals surface area (Å²) in [6.45, 7) is 5.72. The van der Waals surface area contributed by atoms with Crippen molar-refractivity contribution in [2.45, 2.75) is 32.9 Å². The monoisotopic (exact) mass is 270 g/mol. The van der Waals surface area contributed by atoms with Crippen molar-refractivity contribution in [3.8, 4) is 5.75 Å². The lowest BCUT2D eigenvalue weighted by molar-refractivity contribution is 0.320. The van der Waals surface area contributed by atoms with Crippen molar-refractivity contribution in [1.29, 1.82) is 0 Å². The molecule has 0 amide bonds. The molecule has 3 nitrogen and oxygen atoms in total. The lowest BCUT2D eigenvalue weighted by Crippen LogP contribution is -2.22. The first-order valence-electron chi connectivity index (χ1n) is 7.09. The maximum Gasteiger partial charge on any atom is 0.137 e. The third-order valence-corrected chi connectivity index (χ3v) is 2.99. The molecule has 2 rings (SSSR count). The third-order valence-electron chi connectivity index (χ3n) is 2.99. The molecule has 0 saturated heterocycles. The summed E-state index contributed by atoms with van der Waals surface area (Å²) in [5.41, 5.74) is 2.33. The van der Waals surface area contributed by atoms with E-state index in [1.807, 2.05) is 30.3 Å². The number of pyridine rings is 1. The lowest BCUT2D eigenvalue weighted by atomic mass is 10.2. The maximum absolute atomic E-state index is 5.71. The first-order valence-corrected chi connectivity index (χ1v) is 7.09. The van der Waals surface area contributed by atoms with Crippen molar-refractivity contribution in [1.82, 2.24) is 10.3 Å². The molecule has 2 aromatic rings. The Hall–Kier alpha value is -1.87. The Labute approximate surface area is 121 Å². The molecule has 0 aliphatic rings. The first kappa shape index (κ1) is 14.5. The SMILES string of the molecule is CC(C)NCc1ccc(OCCc2ccccc2)cn1. The predicted molar refractivity (Wildman–Crippen MR) is 81.9 cm³/mol. The third kappa shape index (κ3) is 5.02. The van der Waals surface area contributed by atoms with E-state index >= 15 is 0 Å².